The maximum atomic E-state index is 12.6. The number of carbonyl (C=O) groups is 2. The maximum absolute atomic E-state index is 12.6. The average molecular weight is 366 g/mol. The van der Waals surface area contributed by atoms with Gasteiger partial charge in [-0.25, -0.2) is 13.2 Å². The summed E-state index contributed by atoms with van der Waals surface area (Å²) in [5.74, 6) is -1.05. The molecule has 2 fully saturated rings. The van der Waals surface area contributed by atoms with Crippen LogP contribution in [0.15, 0.2) is 29.2 Å². The van der Waals surface area contributed by atoms with E-state index in [1.54, 1.807) is 0 Å². The SMILES string of the molecule is C[C@H](OC(=O)c1cccc(S(=O)(=O)N2CCCC2)c1)C(=O)NC1CC1. The van der Waals surface area contributed by atoms with Crippen molar-refractivity contribution in [1.29, 1.82) is 0 Å². The van der Waals surface area contributed by atoms with Crippen molar-refractivity contribution in [2.45, 2.75) is 49.6 Å². The lowest BCUT2D eigenvalue weighted by Crippen LogP contribution is -2.37. The van der Waals surface area contributed by atoms with E-state index in [0.717, 1.165) is 25.7 Å². The van der Waals surface area contributed by atoms with Gasteiger partial charge >= 0.3 is 5.97 Å². The first-order valence-corrected chi connectivity index (χ1v) is 9.93. The molecule has 0 aromatic heterocycles. The number of nitrogens with one attached hydrogen (secondary N) is 1. The molecule has 0 unspecified atom stereocenters. The quantitative estimate of drug-likeness (QED) is 0.766. The third kappa shape index (κ3) is 4.19. The summed E-state index contributed by atoms with van der Waals surface area (Å²) in [5.41, 5.74) is 0.117. The van der Waals surface area contributed by atoms with Crippen molar-refractivity contribution in [2.75, 3.05) is 13.1 Å². The van der Waals surface area contributed by atoms with Crippen LogP contribution >= 0.6 is 0 Å². The summed E-state index contributed by atoms with van der Waals surface area (Å²) in [7, 11) is -3.60. The molecule has 136 valence electrons. The zero-order chi connectivity index (χ0) is 18.0. The molecule has 7 nitrogen and oxygen atoms in total. The van der Waals surface area contributed by atoms with E-state index >= 15 is 0 Å². The first-order valence-electron chi connectivity index (χ1n) is 8.49. The van der Waals surface area contributed by atoms with E-state index in [4.69, 9.17) is 4.74 Å². The van der Waals surface area contributed by atoms with E-state index in [2.05, 4.69) is 5.32 Å². The zero-order valence-electron chi connectivity index (χ0n) is 14.1. The van der Waals surface area contributed by atoms with Crippen molar-refractivity contribution in [2.24, 2.45) is 0 Å². The lowest BCUT2D eigenvalue weighted by molar-refractivity contribution is -0.129. The lowest BCUT2D eigenvalue weighted by atomic mass is 10.2. The van der Waals surface area contributed by atoms with Crippen LogP contribution in [0.4, 0.5) is 0 Å². The minimum atomic E-state index is -3.60. The number of hydrogen-bond donors (Lipinski definition) is 1. The van der Waals surface area contributed by atoms with Gasteiger partial charge in [0.05, 0.1) is 10.5 Å². The summed E-state index contributed by atoms with van der Waals surface area (Å²) in [6.45, 7) is 2.49. The number of carbonyl (C=O) groups excluding carboxylic acids is 2. The Bertz CT molecular complexity index is 767. The maximum Gasteiger partial charge on any atom is 0.338 e. The molecule has 1 aliphatic heterocycles. The molecule has 8 heteroatoms. The second kappa shape index (κ2) is 7.13. The summed E-state index contributed by atoms with van der Waals surface area (Å²) >= 11 is 0. The molecule has 0 bridgehead atoms. The Morgan fingerprint density at radius 1 is 1.24 bits per heavy atom. The van der Waals surface area contributed by atoms with E-state index in [0.29, 0.717) is 13.1 Å². The van der Waals surface area contributed by atoms with E-state index in [1.165, 1.54) is 35.5 Å². The monoisotopic (exact) mass is 366 g/mol. The Balaban J connectivity index is 1.69. The van der Waals surface area contributed by atoms with Gasteiger partial charge in [0.2, 0.25) is 10.0 Å². The molecule has 1 N–H and O–H groups in total. The number of amides is 1. The molecule has 2 aliphatic rings. The fourth-order valence-corrected chi connectivity index (χ4v) is 4.25. The highest BCUT2D eigenvalue weighted by Crippen LogP contribution is 2.22. The average Bonchev–Trinajstić information content (AvgIpc) is 3.23. The minimum absolute atomic E-state index is 0.0685. The molecule has 1 heterocycles. The van der Waals surface area contributed by atoms with Gasteiger partial charge in [0.25, 0.3) is 5.91 Å². The van der Waals surface area contributed by atoms with Gasteiger partial charge < -0.3 is 10.1 Å². The van der Waals surface area contributed by atoms with Crippen LogP contribution in [0, 0.1) is 0 Å². The Morgan fingerprint density at radius 3 is 2.56 bits per heavy atom. The molecule has 1 amide bonds. The van der Waals surface area contributed by atoms with E-state index in [-0.39, 0.29) is 22.4 Å². The van der Waals surface area contributed by atoms with E-state index in [9.17, 15) is 18.0 Å². The third-order valence-electron chi connectivity index (χ3n) is 4.35. The third-order valence-corrected chi connectivity index (χ3v) is 6.24. The molecule has 1 aliphatic carbocycles. The number of ether oxygens (including phenoxy) is 1. The number of nitrogens with zero attached hydrogens (tertiary/aromatic N) is 1. The molecule has 1 saturated heterocycles. The van der Waals surface area contributed by atoms with Crippen LogP contribution in [-0.4, -0.2) is 49.8 Å². The summed E-state index contributed by atoms with van der Waals surface area (Å²) in [6, 6.07) is 5.95. The van der Waals surface area contributed by atoms with Crippen LogP contribution in [0.5, 0.6) is 0 Å². The van der Waals surface area contributed by atoms with Crippen molar-refractivity contribution >= 4 is 21.9 Å². The second-order valence-electron chi connectivity index (χ2n) is 6.47. The summed E-state index contributed by atoms with van der Waals surface area (Å²) in [5, 5.41) is 2.76. The topological polar surface area (TPSA) is 92.8 Å². The molecule has 3 rings (SSSR count). The van der Waals surface area contributed by atoms with Crippen LogP contribution in [-0.2, 0) is 19.6 Å². The fourth-order valence-electron chi connectivity index (χ4n) is 2.69. The number of sulfonamides is 1. The molecule has 1 atom stereocenters. The van der Waals surface area contributed by atoms with Gasteiger partial charge in [0, 0.05) is 19.1 Å². The predicted molar refractivity (Wildman–Crippen MR) is 90.5 cm³/mol. The molecule has 0 radical (unpaired) electrons. The first-order chi connectivity index (χ1) is 11.9. The van der Waals surface area contributed by atoms with Crippen LogP contribution in [0.2, 0.25) is 0 Å². The fraction of sp³-hybridized carbons (Fsp3) is 0.529. The highest BCUT2D eigenvalue weighted by atomic mass is 32.2. The lowest BCUT2D eigenvalue weighted by Gasteiger charge is -2.16. The second-order valence-corrected chi connectivity index (χ2v) is 8.41. The Labute approximate surface area is 147 Å². The smallest absolute Gasteiger partial charge is 0.338 e. The summed E-state index contributed by atoms with van der Waals surface area (Å²) in [6.07, 6.45) is 2.65. The standard InChI is InChI=1S/C17H22N2O5S/c1-12(16(20)18-14-7-8-14)24-17(21)13-5-4-6-15(11-13)25(22,23)19-9-2-3-10-19/h4-6,11-12,14H,2-3,7-10H2,1H3,(H,18,20)/t12-/m0/s1. The molecule has 0 spiro atoms. The summed E-state index contributed by atoms with van der Waals surface area (Å²) in [4.78, 5) is 24.2. The number of benzene rings is 1. The molecule has 1 aromatic rings. The Hall–Kier alpha value is -1.93. The Morgan fingerprint density at radius 2 is 1.92 bits per heavy atom. The zero-order valence-corrected chi connectivity index (χ0v) is 14.9. The van der Waals surface area contributed by atoms with E-state index < -0.39 is 22.1 Å². The normalized spacial score (nSPS) is 19.4. The van der Waals surface area contributed by atoms with Gasteiger partial charge in [-0.2, -0.15) is 4.31 Å². The van der Waals surface area contributed by atoms with Crippen LogP contribution in [0.3, 0.4) is 0 Å². The molecule has 25 heavy (non-hydrogen) atoms. The van der Waals surface area contributed by atoms with Gasteiger partial charge in [0.15, 0.2) is 6.10 Å². The first kappa shape index (κ1) is 17.9. The summed E-state index contributed by atoms with van der Waals surface area (Å²) < 4.78 is 31.7. The van der Waals surface area contributed by atoms with Crippen LogP contribution in [0.1, 0.15) is 43.0 Å². The van der Waals surface area contributed by atoms with Gasteiger partial charge in [0.1, 0.15) is 0 Å². The van der Waals surface area contributed by atoms with Crippen molar-refractivity contribution in [3.8, 4) is 0 Å². The van der Waals surface area contributed by atoms with Gasteiger partial charge in [-0.1, -0.05) is 6.07 Å². The highest BCUT2D eigenvalue weighted by molar-refractivity contribution is 7.89. The van der Waals surface area contributed by atoms with Gasteiger partial charge in [-0.15, -0.1) is 0 Å². The molecule has 1 saturated carbocycles. The van der Waals surface area contributed by atoms with Gasteiger partial charge in [-0.05, 0) is 50.8 Å². The predicted octanol–water partition coefficient (Wildman–Crippen LogP) is 1.29. The number of esters is 1. The van der Waals surface area contributed by atoms with Crippen molar-refractivity contribution in [3.63, 3.8) is 0 Å². The van der Waals surface area contributed by atoms with Crippen molar-refractivity contribution in [3.05, 3.63) is 29.8 Å². The Kier molecular flexibility index (Phi) is 5.10. The van der Waals surface area contributed by atoms with E-state index in [1.807, 2.05) is 0 Å². The van der Waals surface area contributed by atoms with Gasteiger partial charge in [-0.3, -0.25) is 4.79 Å². The molecular weight excluding hydrogens is 344 g/mol. The highest BCUT2D eigenvalue weighted by Gasteiger charge is 2.29. The number of hydrogen-bond acceptors (Lipinski definition) is 5. The number of rotatable bonds is 6. The van der Waals surface area contributed by atoms with Crippen LogP contribution in [0.25, 0.3) is 0 Å². The van der Waals surface area contributed by atoms with Crippen molar-refractivity contribution < 1.29 is 22.7 Å². The molecular formula is C17H22N2O5S. The largest absolute Gasteiger partial charge is 0.449 e. The molecule has 1 aromatic carbocycles. The minimum Gasteiger partial charge on any atom is -0.449 e. The van der Waals surface area contributed by atoms with Crippen LogP contribution < -0.4 is 5.32 Å². The van der Waals surface area contributed by atoms with Crippen molar-refractivity contribution in [1.82, 2.24) is 9.62 Å².